The summed E-state index contributed by atoms with van der Waals surface area (Å²) in [7, 11) is 0. The number of benzene rings is 8. The Hall–Kier alpha value is -7.63. The maximum Gasteiger partial charge on any atom is 0.221 e. The highest BCUT2D eigenvalue weighted by Gasteiger charge is 2.38. The smallest absolute Gasteiger partial charge is 0.221 e. The molecule has 5 heteroatoms. The lowest BCUT2D eigenvalue weighted by Crippen LogP contribution is -2.16. The summed E-state index contributed by atoms with van der Waals surface area (Å²) in [6, 6.07) is 72.1. The van der Waals surface area contributed by atoms with Crippen LogP contribution in [-0.4, -0.2) is 18.5 Å². The average molecular weight is 758 g/mol. The zero-order valence-electron chi connectivity index (χ0n) is 32.8. The van der Waals surface area contributed by atoms with Crippen LogP contribution in [0.1, 0.15) is 25.0 Å². The number of fused-ring (bicyclic) bond motifs is 10. The molecule has 11 aromatic rings. The van der Waals surface area contributed by atoms with Crippen LogP contribution >= 0.6 is 0 Å². The zero-order chi connectivity index (χ0) is 39.2. The molecule has 0 aliphatic heterocycles. The SMILES string of the molecule is CC1(C)c2ccccc2-c2c(N(c3ccc(-c4ccccc4)cc3)c3ccc4c(c3)nc3n(-c5ccccc5)c5c6ccccc6n(-c6ccccc6)c5n43)cccc21. The molecule has 1 aliphatic rings. The molecule has 0 fully saturated rings. The predicted octanol–water partition coefficient (Wildman–Crippen LogP) is 13.8. The van der Waals surface area contributed by atoms with E-state index >= 15 is 0 Å². The van der Waals surface area contributed by atoms with Gasteiger partial charge in [-0.15, -0.1) is 0 Å². The highest BCUT2D eigenvalue weighted by molar-refractivity contribution is 6.10. The third kappa shape index (κ3) is 4.88. The fraction of sp³-hybridized carbons (Fsp3) is 0.0556. The summed E-state index contributed by atoms with van der Waals surface area (Å²) in [5.41, 5.74) is 18.3. The van der Waals surface area contributed by atoms with E-state index in [1.807, 2.05) is 0 Å². The number of hydrogen-bond acceptors (Lipinski definition) is 2. The molecule has 0 spiro atoms. The molecular weight excluding hydrogens is 719 g/mol. The molecule has 280 valence electrons. The zero-order valence-corrected chi connectivity index (χ0v) is 32.8. The summed E-state index contributed by atoms with van der Waals surface area (Å²) in [5.74, 6) is 0.874. The fourth-order valence-electron chi connectivity index (χ4n) is 9.73. The standard InChI is InChI=1S/C54H39N5/c1-54(2)44-25-14-12-23-42(44)50-45(54)26-16-28-49(50)56(40-31-29-37(30-32-40)36-17-6-3-7-18-36)41-33-34-48-46(35-41)55-53-58(39-21-10-5-11-22-39)51-43-24-13-15-27-47(43)57(52(51)59(48)53)38-19-8-4-9-20-38/h3-35H,1-2H3. The number of rotatable bonds is 6. The van der Waals surface area contributed by atoms with Gasteiger partial charge in [0.25, 0.3) is 0 Å². The maximum atomic E-state index is 5.54. The molecular formula is C54H39N5. The van der Waals surface area contributed by atoms with Crippen molar-refractivity contribution in [1.82, 2.24) is 18.5 Å². The van der Waals surface area contributed by atoms with Crippen molar-refractivity contribution in [2.75, 3.05) is 4.90 Å². The van der Waals surface area contributed by atoms with E-state index in [2.05, 4.69) is 232 Å². The van der Waals surface area contributed by atoms with Crippen molar-refractivity contribution in [1.29, 1.82) is 0 Å². The summed E-state index contributed by atoms with van der Waals surface area (Å²) >= 11 is 0. The molecule has 0 radical (unpaired) electrons. The number of imidazole rings is 2. The summed E-state index contributed by atoms with van der Waals surface area (Å²) in [5, 5.41) is 1.18. The third-order valence-electron chi connectivity index (χ3n) is 12.4. The van der Waals surface area contributed by atoms with Gasteiger partial charge in [-0.05, 0) is 94.5 Å². The highest BCUT2D eigenvalue weighted by Crippen LogP contribution is 2.54. The van der Waals surface area contributed by atoms with E-state index in [0.29, 0.717) is 0 Å². The first-order valence-electron chi connectivity index (χ1n) is 20.3. The van der Waals surface area contributed by atoms with Gasteiger partial charge in [-0.25, -0.2) is 4.98 Å². The molecule has 0 saturated carbocycles. The van der Waals surface area contributed by atoms with Crippen LogP contribution < -0.4 is 4.90 Å². The Morgan fingerprint density at radius 1 is 0.492 bits per heavy atom. The molecule has 5 nitrogen and oxygen atoms in total. The van der Waals surface area contributed by atoms with Crippen molar-refractivity contribution in [3.63, 3.8) is 0 Å². The molecule has 0 bridgehead atoms. The molecule has 0 saturated heterocycles. The summed E-state index contributed by atoms with van der Waals surface area (Å²) in [6.45, 7) is 4.70. The molecule has 3 heterocycles. The van der Waals surface area contributed by atoms with Crippen LogP contribution in [0.3, 0.4) is 0 Å². The van der Waals surface area contributed by atoms with E-state index in [-0.39, 0.29) is 5.41 Å². The number of hydrogen-bond donors (Lipinski definition) is 0. The first-order chi connectivity index (χ1) is 29.1. The summed E-state index contributed by atoms with van der Waals surface area (Å²) in [6.07, 6.45) is 0. The Balaban J connectivity index is 1.14. The van der Waals surface area contributed by atoms with Gasteiger partial charge >= 0.3 is 0 Å². The largest absolute Gasteiger partial charge is 0.310 e. The monoisotopic (exact) mass is 757 g/mol. The second-order valence-corrected chi connectivity index (χ2v) is 16.1. The molecule has 0 unspecified atom stereocenters. The molecule has 3 aromatic heterocycles. The van der Waals surface area contributed by atoms with E-state index in [1.165, 1.54) is 38.8 Å². The van der Waals surface area contributed by atoms with Crippen LogP contribution in [0.15, 0.2) is 200 Å². The Kier molecular flexibility index (Phi) is 7.20. The minimum Gasteiger partial charge on any atom is -0.310 e. The van der Waals surface area contributed by atoms with Crippen molar-refractivity contribution in [2.24, 2.45) is 0 Å². The highest BCUT2D eigenvalue weighted by atomic mass is 15.3. The summed E-state index contributed by atoms with van der Waals surface area (Å²) in [4.78, 5) is 7.97. The minimum absolute atomic E-state index is 0.130. The lowest BCUT2D eigenvalue weighted by atomic mass is 9.82. The molecule has 0 amide bonds. The van der Waals surface area contributed by atoms with Crippen LogP contribution in [0.2, 0.25) is 0 Å². The first-order valence-corrected chi connectivity index (χ1v) is 20.3. The van der Waals surface area contributed by atoms with Crippen LogP contribution in [0.25, 0.3) is 72.5 Å². The number of nitrogens with zero attached hydrogens (tertiary/aromatic N) is 5. The Morgan fingerprint density at radius 2 is 1.10 bits per heavy atom. The van der Waals surface area contributed by atoms with Gasteiger partial charge in [0.1, 0.15) is 5.52 Å². The van der Waals surface area contributed by atoms with Gasteiger partial charge in [0.05, 0.1) is 22.2 Å². The summed E-state index contributed by atoms with van der Waals surface area (Å²) < 4.78 is 7.07. The third-order valence-corrected chi connectivity index (χ3v) is 12.4. The normalized spacial score (nSPS) is 13.1. The van der Waals surface area contributed by atoms with Crippen molar-refractivity contribution < 1.29 is 0 Å². The number of para-hydroxylation sites is 3. The number of aromatic nitrogens is 4. The lowest BCUT2D eigenvalue weighted by molar-refractivity contribution is 0.660. The van der Waals surface area contributed by atoms with Gasteiger partial charge in [-0.3, -0.25) is 13.5 Å². The van der Waals surface area contributed by atoms with E-state index in [4.69, 9.17) is 4.98 Å². The van der Waals surface area contributed by atoms with Crippen LogP contribution in [0.4, 0.5) is 17.1 Å². The van der Waals surface area contributed by atoms with E-state index in [1.54, 1.807) is 0 Å². The van der Waals surface area contributed by atoms with Gasteiger partial charge in [0, 0.05) is 39.1 Å². The van der Waals surface area contributed by atoms with Crippen molar-refractivity contribution >= 4 is 55.9 Å². The van der Waals surface area contributed by atoms with Gasteiger partial charge in [0.2, 0.25) is 5.78 Å². The van der Waals surface area contributed by atoms with Crippen molar-refractivity contribution in [2.45, 2.75) is 19.3 Å². The molecule has 0 atom stereocenters. The second kappa shape index (κ2) is 12.7. The predicted molar refractivity (Wildman–Crippen MR) is 244 cm³/mol. The molecule has 59 heavy (non-hydrogen) atoms. The molecule has 12 rings (SSSR count). The van der Waals surface area contributed by atoms with E-state index in [0.717, 1.165) is 61.9 Å². The van der Waals surface area contributed by atoms with Crippen molar-refractivity contribution in [3.8, 4) is 33.6 Å². The molecule has 8 aromatic carbocycles. The first kappa shape index (κ1) is 33.5. The van der Waals surface area contributed by atoms with Crippen molar-refractivity contribution in [3.05, 3.63) is 211 Å². The van der Waals surface area contributed by atoms with Gasteiger partial charge in [0.15, 0.2) is 5.65 Å². The Bertz CT molecular complexity index is 3390. The quantitative estimate of drug-likeness (QED) is 0.169. The maximum absolute atomic E-state index is 5.54. The Morgan fingerprint density at radius 3 is 1.86 bits per heavy atom. The van der Waals surface area contributed by atoms with Gasteiger partial charge in [-0.2, -0.15) is 0 Å². The molecule has 0 N–H and O–H groups in total. The minimum atomic E-state index is -0.130. The number of anilines is 3. The van der Waals surface area contributed by atoms with Gasteiger partial charge < -0.3 is 4.90 Å². The van der Waals surface area contributed by atoms with Crippen LogP contribution in [0.5, 0.6) is 0 Å². The van der Waals surface area contributed by atoms with Gasteiger partial charge in [-0.1, -0.05) is 147 Å². The lowest BCUT2D eigenvalue weighted by Gasteiger charge is -2.29. The van der Waals surface area contributed by atoms with Crippen LogP contribution in [-0.2, 0) is 5.41 Å². The van der Waals surface area contributed by atoms with E-state index in [9.17, 15) is 0 Å². The second-order valence-electron chi connectivity index (χ2n) is 16.1. The average Bonchev–Trinajstić information content (AvgIpc) is 3.99. The van der Waals surface area contributed by atoms with Crippen LogP contribution in [0, 0.1) is 0 Å². The molecule has 1 aliphatic carbocycles. The topological polar surface area (TPSA) is 30.4 Å². The Labute approximate surface area is 342 Å². The fourth-order valence-corrected chi connectivity index (χ4v) is 9.73. The van der Waals surface area contributed by atoms with E-state index < -0.39 is 0 Å².